The Kier molecular flexibility index (Phi) is 6.95. The minimum Gasteiger partial charge on any atom is -0.332 e. The van der Waals surface area contributed by atoms with Crippen molar-refractivity contribution in [3.8, 4) is 0 Å². The molecular weight excluding hydrogens is 414 g/mol. The lowest BCUT2D eigenvalue weighted by Gasteiger charge is -2.39. The number of hydrogen-bond donors (Lipinski definition) is 1. The van der Waals surface area contributed by atoms with Gasteiger partial charge in [0.15, 0.2) is 5.78 Å². The predicted octanol–water partition coefficient (Wildman–Crippen LogP) is 3.76. The number of nitrogens with zero attached hydrogens (tertiary/aromatic N) is 2. The van der Waals surface area contributed by atoms with Gasteiger partial charge in [-0.1, -0.05) is 72.8 Å². The van der Waals surface area contributed by atoms with Crippen LogP contribution in [0, 0.1) is 0 Å². The van der Waals surface area contributed by atoms with E-state index < -0.39 is 11.8 Å². The standard InChI is InChI=1S/C27H27N3O3/c1-20(31)23-13-8-14-24(19-23)28-26(32)27(33)30-17-15-29(16-18-30)25(21-9-4-2-5-10-21)22-11-6-3-7-12-22/h2-14,19,25H,15-18H2,1H3,(H,28,32). The van der Waals surface area contributed by atoms with Crippen LogP contribution >= 0.6 is 0 Å². The Morgan fingerprint density at radius 1 is 0.758 bits per heavy atom. The molecule has 1 fully saturated rings. The fraction of sp³-hybridized carbons (Fsp3) is 0.222. The lowest BCUT2D eigenvalue weighted by Crippen LogP contribution is -2.52. The van der Waals surface area contributed by atoms with Crippen molar-refractivity contribution >= 4 is 23.3 Å². The van der Waals surface area contributed by atoms with Crippen LogP contribution < -0.4 is 5.32 Å². The summed E-state index contributed by atoms with van der Waals surface area (Å²) in [5.74, 6) is -1.34. The smallest absolute Gasteiger partial charge is 0.313 e. The van der Waals surface area contributed by atoms with Crippen molar-refractivity contribution in [2.45, 2.75) is 13.0 Å². The topological polar surface area (TPSA) is 69.7 Å². The number of hydrogen-bond acceptors (Lipinski definition) is 4. The van der Waals surface area contributed by atoms with E-state index in [1.165, 1.54) is 18.1 Å². The lowest BCUT2D eigenvalue weighted by atomic mass is 9.96. The van der Waals surface area contributed by atoms with Gasteiger partial charge in [-0.2, -0.15) is 0 Å². The summed E-state index contributed by atoms with van der Waals surface area (Å²) in [5.41, 5.74) is 3.33. The summed E-state index contributed by atoms with van der Waals surface area (Å²) < 4.78 is 0. The largest absolute Gasteiger partial charge is 0.332 e. The van der Waals surface area contributed by atoms with Gasteiger partial charge < -0.3 is 10.2 Å². The SMILES string of the molecule is CC(=O)c1cccc(NC(=O)C(=O)N2CCN(C(c3ccccc3)c3ccccc3)CC2)c1. The molecule has 0 saturated carbocycles. The highest BCUT2D eigenvalue weighted by Gasteiger charge is 2.30. The second-order valence-electron chi connectivity index (χ2n) is 8.14. The number of rotatable bonds is 5. The van der Waals surface area contributed by atoms with E-state index in [1.54, 1.807) is 29.2 Å². The maximum absolute atomic E-state index is 12.8. The highest BCUT2D eigenvalue weighted by Crippen LogP contribution is 2.29. The van der Waals surface area contributed by atoms with E-state index in [9.17, 15) is 14.4 Å². The second-order valence-corrected chi connectivity index (χ2v) is 8.14. The fourth-order valence-electron chi connectivity index (χ4n) is 4.21. The maximum atomic E-state index is 12.8. The molecule has 0 bridgehead atoms. The zero-order valence-corrected chi connectivity index (χ0v) is 18.6. The molecule has 4 rings (SSSR count). The number of benzene rings is 3. The molecule has 0 atom stereocenters. The molecule has 1 aliphatic rings. The first-order valence-corrected chi connectivity index (χ1v) is 11.1. The normalized spacial score (nSPS) is 14.2. The van der Waals surface area contributed by atoms with Gasteiger partial charge in [-0.25, -0.2) is 0 Å². The Morgan fingerprint density at radius 2 is 1.33 bits per heavy atom. The quantitative estimate of drug-likeness (QED) is 0.484. The summed E-state index contributed by atoms with van der Waals surface area (Å²) >= 11 is 0. The molecule has 33 heavy (non-hydrogen) atoms. The highest BCUT2D eigenvalue weighted by atomic mass is 16.2. The summed E-state index contributed by atoms with van der Waals surface area (Å²) in [4.78, 5) is 40.8. The molecule has 1 heterocycles. The third-order valence-corrected chi connectivity index (χ3v) is 5.92. The van der Waals surface area contributed by atoms with E-state index in [2.05, 4.69) is 34.5 Å². The van der Waals surface area contributed by atoms with Crippen molar-refractivity contribution in [3.63, 3.8) is 0 Å². The summed E-state index contributed by atoms with van der Waals surface area (Å²) in [6.45, 7) is 3.72. The van der Waals surface area contributed by atoms with Crippen molar-refractivity contribution in [2.75, 3.05) is 31.5 Å². The number of carbonyl (C=O) groups is 3. The van der Waals surface area contributed by atoms with E-state index in [0.717, 1.165) is 0 Å². The van der Waals surface area contributed by atoms with Crippen molar-refractivity contribution in [1.29, 1.82) is 0 Å². The third kappa shape index (κ3) is 5.35. The van der Waals surface area contributed by atoms with Gasteiger partial charge in [0.2, 0.25) is 0 Å². The Labute approximate surface area is 193 Å². The highest BCUT2D eigenvalue weighted by molar-refractivity contribution is 6.39. The summed E-state index contributed by atoms with van der Waals surface area (Å²) in [6.07, 6.45) is 0. The van der Waals surface area contributed by atoms with Crippen LogP contribution in [0.5, 0.6) is 0 Å². The number of amides is 2. The molecule has 168 valence electrons. The van der Waals surface area contributed by atoms with Crippen LogP contribution in [0.4, 0.5) is 5.69 Å². The van der Waals surface area contributed by atoms with Crippen LogP contribution in [0.1, 0.15) is 34.5 Å². The zero-order chi connectivity index (χ0) is 23.2. The van der Waals surface area contributed by atoms with Gasteiger partial charge in [0.25, 0.3) is 0 Å². The number of ketones is 1. The van der Waals surface area contributed by atoms with Crippen molar-refractivity contribution in [2.24, 2.45) is 0 Å². The van der Waals surface area contributed by atoms with E-state index in [4.69, 9.17) is 0 Å². The van der Waals surface area contributed by atoms with E-state index >= 15 is 0 Å². The summed E-state index contributed by atoms with van der Waals surface area (Å²) in [7, 11) is 0. The van der Waals surface area contributed by atoms with Crippen LogP contribution in [0.25, 0.3) is 0 Å². The Balaban J connectivity index is 1.42. The number of anilines is 1. The minimum atomic E-state index is -0.688. The molecule has 3 aromatic carbocycles. The zero-order valence-electron chi connectivity index (χ0n) is 18.6. The molecule has 0 aromatic heterocycles. The number of Topliss-reactive ketones (excluding diaryl/α,β-unsaturated/α-hetero) is 1. The van der Waals surface area contributed by atoms with E-state index in [0.29, 0.717) is 37.4 Å². The predicted molar refractivity (Wildman–Crippen MR) is 128 cm³/mol. The summed E-state index contributed by atoms with van der Waals surface area (Å²) in [6, 6.07) is 27.4. The van der Waals surface area contributed by atoms with Gasteiger partial charge in [-0.3, -0.25) is 19.3 Å². The van der Waals surface area contributed by atoms with E-state index in [-0.39, 0.29) is 11.8 Å². The lowest BCUT2D eigenvalue weighted by molar-refractivity contribution is -0.144. The molecule has 6 heteroatoms. The first kappa shape index (κ1) is 22.4. The number of piperazine rings is 1. The van der Waals surface area contributed by atoms with E-state index in [1.807, 2.05) is 36.4 Å². The van der Waals surface area contributed by atoms with Gasteiger partial charge >= 0.3 is 11.8 Å². The second kappa shape index (κ2) is 10.2. The molecule has 1 saturated heterocycles. The molecule has 6 nitrogen and oxygen atoms in total. The van der Waals surface area contributed by atoms with Crippen LogP contribution in [0.15, 0.2) is 84.9 Å². The number of carbonyl (C=O) groups excluding carboxylic acids is 3. The molecule has 2 amide bonds. The number of nitrogens with one attached hydrogen (secondary N) is 1. The molecule has 0 spiro atoms. The average molecular weight is 442 g/mol. The van der Waals surface area contributed by atoms with Crippen LogP contribution in [0.2, 0.25) is 0 Å². The maximum Gasteiger partial charge on any atom is 0.313 e. The monoisotopic (exact) mass is 441 g/mol. The van der Waals surface area contributed by atoms with Gasteiger partial charge in [0, 0.05) is 37.4 Å². The van der Waals surface area contributed by atoms with Crippen molar-refractivity contribution in [3.05, 3.63) is 102 Å². The van der Waals surface area contributed by atoms with Crippen molar-refractivity contribution in [1.82, 2.24) is 9.80 Å². The minimum absolute atomic E-state index is 0.0906. The first-order valence-electron chi connectivity index (χ1n) is 11.1. The fourth-order valence-corrected chi connectivity index (χ4v) is 4.21. The van der Waals surface area contributed by atoms with Gasteiger partial charge in [0.05, 0.1) is 6.04 Å². The average Bonchev–Trinajstić information content (AvgIpc) is 2.85. The Bertz CT molecular complexity index is 1080. The van der Waals surface area contributed by atoms with Gasteiger partial charge in [-0.05, 0) is 30.2 Å². The summed E-state index contributed by atoms with van der Waals surface area (Å²) in [5, 5.41) is 2.62. The van der Waals surface area contributed by atoms with Crippen molar-refractivity contribution < 1.29 is 14.4 Å². The molecule has 0 radical (unpaired) electrons. The van der Waals surface area contributed by atoms with Crippen LogP contribution in [-0.2, 0) is 9.59 Å². The van der Waals surface area contributed by atoms with Crippen LogP contribution in [0.3, 0.4) is 0 Å². The Hall–Kier alpha value is -3.77. The van der Waals surface area contributed by atoms with Gasteiger partial charge in [-0.15, -0.1) is 0 Å². The molecular formula is C27H27N3O3. The van der Waals surface area contributed by atoms with Gasteiger partial charge in [0.1, 0.15) is 0 Å². The first-order chi connectivity index (χ1) is 16.0. The molecule has 1 N–H and O–H groups in total. The molecule has 1 aliphatic heterocycles. The Morgan fingerprint density at radius 3 is 1.88 bits per heavy atom. The van der Waals surface area contributed by atoms with Crippen LogP contribution in [-0.4, -0.2) is 53.6 Å². The molecule has 0 unspecified atom stereocenters. The molecule has 3 aromatic rings. The third-order valence-electron chi connectivity index (χ3n) is 5.92. The molecule has 0 aliphatic carbocycles.